The first kappa shape index (κ1) is 16.8. The predicted octanol–water partition coefficient (Wildman–Crippen LogP) is 4.25. The fourth-order valence-electron chi connectivity index (χ4n) is 2.71. The first-order valence-electron chi connectivity index (χ1n) is 8.66. The van der Waals surface area contributed by atoms with Gasteiger partial charge in [0.05, 0.1) is 23.4 Å². The summed E-state index contributed by atoms with van der Waals surface area (Å²) in [5.41, 5.74) is 4.64. The highest BCUT2D eigenvalue weighted by Crippen LogP contribution is 2.24. The van der Waals surface area contributed by atoms with Gasteiger partial charge in [-0.1, -0.05) is 20.4 Å². The zero-order valence-corrected chi connectivity index (χ0v) is 15.2. The zero-order chi connectivity index (χ0) is 18.8. The van der Waals surface area contributed by atoms with Crippen molar-refractivity contribution >= 4 is 28.9 Å². The summed E-state index contributed by atoms with van der Waals surface area (Å²) < 4.78 is 1.66. The smallest absolute Gasteiger partial charge is 0.154 e. The van der Waals surface area contributed by atoms with Crippen LogP contribution in [-0.4, -0.2) is 29.9 Å². The number of nitrogens with one attached hydrogen (secondary N) is 1. The topological polar surface area (TPSA) is 81.4 Å². The van der Waals surface area contributed by atoms with Gasteiger partial charge < -0.3 is 5.32 Å². The van der Waals surface area contributed by atoms with Crippen molar-refractivity contribution in [3.8, 4) is 11.1 Å². The highest BCUT2D eigenvalue weighted by Gasteiger charge is 2.07. The van der Waals surface area contributed by atoms with Crippen molar-refractivity contribution in [3.05, 3.63) is 61.2 Å². The van der Waals surface area contributed by atoms with Gasteiger partial charge in [-0.3, -0.25) is 4.98 Å². The van der Waals surface area contributed by atoms with E-state index in [1.807, 2.05) is 36.7 Å². The molecule has 0 saturated heterocycles. The fourth-order valence-corrected chi connectivity index (χ4v) is 2.71. The lowest BCUT2D eigenvalue weighted by atomic mass is 10.1. The van der Waals surface area contributed by atoms with Crippen LogP contribution in [0.2, 0.25) is 0 Å². The maximum Gasteiger partial charge on any atom is 0.154 e. The van der Waals surface area contributed by atoms with Crippen molar-refractivity contribution in [2.75, 3.05) is 5.32 Å². The molecule has 0 aromatic carbocycles. The SMILES string of the molecule is C=Cn1cc(-c2cnc3ccc(Nc4cc(C(C)C)cnn4)nc3c2)cn1. The Hall–Kier alpha value is -3.61. The highest BCUT2D eigenvalue weighted by molar-refractivity contribution is 5.81. The van der Waals surface area contributed by atoms with Gasteiger partial charge in [-0.25, -0.2) is 9.67 Å². The van der Waals surface area contributed by atoms with Gasteiger partial charge in [0.1, 0.15) is 5.82 Å². The molecule has 27 heavy (non-hydrogen) atoms. The molecule has 0 unspecified atom stereocenters. The minimum absolute atomic E-state index is 0.383. The van der Waals surface area contributed by atoms with Crippen molar-refractivity contribution in [1.82, 2.24) is 29.9 Å². The first-order valence-corrected chi connectivity index (χ1v) is 8.66. The van der Waals surface area contributed by atoms with Gasteiger partial charge in [-0.05, 0) is 35.7 Å². The molecule has 1 N–H and O–H groups in total. The molecule has 134 valence electrons. The Labute approximate surface area is 156 Å². The lowest BCUT2D eigenvalue weighted by Crippen LogP contribution is -2.00. The van der Waals surface area contributed by atoms with Crippen molar-refractivity contribution in [2.45, 2.75) is 19.8 Å². The van der Waals surface area contributed by atoms with Crippen molar-refractivity contribution in [3.63, 3.8) is 0 Å². The van der Waals surface area contributed by atoms with Crippen LogP contribution in [0, 0.1) is 0 Å². The number of rotatable bonds is 5. The number of anilines is 2. The van der Waals surface area contributed by atoms with E-state index in [1.165, 1.54) is 0 Å². The van der Waals surface area contributed by atoms with Crippen LogP contribution in [-0.2, 0) is 0 Å². The molecule has 0 spiro atoms. The molecule has 0 radical (unpaired) electrons. The Kier molecular flexibility index (Phi) is 4.33. The molecule has 0 fully saturated rings. The molecule has 0 aliphatic rings. The molecule has 4 rings (SSSR count). The summed E-state index contributed by atoms with van der Waals surface area (Å²) in [6, 6.07) is 7.80. The number of pyridine rings is 2. The standard InChI is InChI=1S/C20H19N7/c1-4-27-12-16(11-23-27)15-7-18-17(21-9-15)5-6-19(24-18)25-20-8-14(13(2)3)10-22-26-20/h4-13H,1H2,2-3H3,(H,24,25,26). The summed E-state index contributed by atoms with van der Waals surface area (Å²) >= 11 is 0. The molecule has 0 amide bonds. The number of nitrogens with zero attached hydrogens (tertiary/aromatic N) is 6. The third kappa shape index (κ3) is 3.52. The summed E-state index contributed by atoms with van der Waals surface area (Å²) in [6.45, 7) is 7.95. The minimum Gasteiger partial charge on any atom is -0.323 e. The summed E-state index contributed by atoms with van der Waals surface area (Å²) in [4.78, 5) is 9.17. The van der Waals surface area contributed by atoms with E-state index in [2.05, 4.69) is 51.0 Å². The van der Waals surface area contributed by atoms with Crippen LogP contribution >= 0.6 is 0 Å². The predicted molar refractivity (Wildman–Crippen MR) is 107 cm³/mol. The van der Waals surface area contributed by atoms with Crippen LogP contribution in [0.3, 0.4) is 0 Å². The maximum atomic E-state index is 4.67. The van der Waals surface area contributed by atoms with Crippen molar-refractivity contribution < 1.29 is 0 Å². The Morgan fingerprint density at radius 1 is 1.04 bits per heavy atom. The lowest BCUT2D eigenvalue weighted by Gasteiger charge is -2.09. The molecule has 4 aromatic heterocycles. The molecule has 4 heterocycles. The Balaban J connectivity index is 1.66. The molecule has 4 aromatic rings. The van der Waals surface area contributed by atoms with Crippen LogP contribution in [0.4, 0.5) is 11.6 Å². The van der Waals surface area contributed by atoms with Gasteiger partial charge in [0, 0.05) is 29.7 Å². The highest BCUT2D eigenvalue weighted by atomic mass is 15.2. The molecule has 0 atom stereocenters. The van der Waals surface area contributed by atoms with E-state index in [0.29, 0.717) is 17.6 Å². The quantitative estimate of drug-likeness (QED) is 0.575. The molecule has 0 aliphatic carbocycles. The minimum atomic E-state index is 0.383. The van der Waals surface area contributed by atoms with E-state index in [-0.39, 0.29) is 0 Å². The second-order valence-corrected chi connectivity index (χ2v) is 6.50. The Bertz CT molecular complexity index is 1110. The lowest BCUT2D eigenvalue weighted by molar-refractivity contribution is 0.843. The maximum absolute atomic E-state index is 4.67. The average molecular weight is 357 g/mol. The summed E-state index contributed by atoms with van der Waals surface area (Å²) in [5, 5.41) is 15.6. The van der Waals surface area contributed by atoms with Gasteiger partial charge in [-0.2, -0.15) is 10.2 Å². The monoisotopic (exact) mass is 357 g/mol. The average Bonchev–Trinajstić information content (AvgIpc) is 3.17. The number of hydrogen-bond donors (Lipinski definition) is 1. The van der Waals surface area contributed by atoms with E-state index >= 15 is 0 Å². The second-order valence-electron chi connectivity index (χ2n) is 6.50. The molecule has 7 nitrogen and oxygen atoms in total. The summed E-state index contributed by atoms with van der Waals surface area (Å²) in [6.07, 6.45) is 8.91. The molecule has 0 aliphatic heterocycles. The van der Waals surface area contributed by atoms with Crippen LogP contribution in [0.1, 0.15) is 25.3 Å². The van der Waals surface area contributed by atoms with Gasteiger partial charge in [-0.15, -0.1) is 5.10 Å². The van der Waals surface area contributed by atoms with Crippen LogP contribution in [0.5, 0.6) is 0 Å². The second kappa shape index (κ2) is 6.95. The molecule has 0 saturated carbocycles. The van der Waals surface area contributed by atoms with Gasteiger partial charge >= 0.3 is 0 Å². The Morgan fingerprint density at radius 2 is 1.93 bits per heavy atom. The van der Waals surface area contributed by atoms with E-state index in [9.17, 15) is 0 Å². The van der Waals surface area contributed by atoms with Crippen molar-refractivity contribution in [2.24, 2.45) is 0 Å². The fraction of sp³-hybridized carbons (Fsp3) is 0.150. The number of hydrogen-bond acceptors (Lipinski definition) is 6. The van der Waals surface area contributed by atoms with E-state index < -0.39 is 0 Å². The van der Waals surface area contributed by atoms with Crippen LogP contribution in [0.25, 0.3) is 28.4 Å². The third-order valence-corrected chi connectivity index (χ3v) is 4.26. The first-order chi connectivity index (χ1) is 13.1. The van der Waals surface area contributed by atoms with E-state index in [4.69, 9.17) is 0 Å². The number of aromatic nitrogens is 6. The normalized spacial score (nSPS) is 11.1. The molecular weight excluding hydrogens is 338 g/mol. The van der Waals surface area contributed by atoms with Crippen LogP contribution < -0.4 is 5.32 Å². The zero-order valence-electron chi connectivity index (χ0n) is 15.2. The Morgan fingerprint density at radius 3 is 2.70 bits per heavy atom. The largest absolute Gasteiger partial charge is 0.323 e. The number of fused-ring (bicyclic) bond motifs is 1. The van der Waals surface area contributed by atoms with Gasteiger partial charge in [0.15, 0.2) is 5.82 Å². The molecule has 0 bridgehead atoms. The molecule has 7 heteroatoms. The van der Waals surface area contributed by atoms with Crippen LogP contribution in [0.15, 0.2) is 55.6 Å². The van der Waals surface area contributed by atoms with E-state index in [1.54, 1.807) is 23.3 Å². The van der Waals surface area contributed by atoms with E-state index in [0.717, 1.165) is 27.7 Å². The van der Waals surface area contributed by atoms with Gasteiger partial charge in [0.2, 0.25) is 0 Å². The van der Waals surface area contributed by atoms with Crippen molar-refractivity contribution in [1.29, 1.82) is 0 Å². The third-order valence-electron chi connectivity index (χ3n) is 4.26. The van der Waals surface area contributed by atoms with Gasteiger partial charge in [0.25, 0.3) is 0 Å². The summed E-state index contributed by atoms with van der Waals surface area (Å²) in [7, 11) is 0. The summed E-state index contributed by atoms with van der Waals surface area (Å²) in [5.74, 6) is 1.75. The molecular formula is C20H19N7.